The number of rotatable bonds is 11. The van der Waals surface area contributed by atoms with Crippen LogP contribution < -0.4 is 5.32 Å². The van der Waals surface area contributed by atoms with E-state index in [0.29, 0.717) is 19.3 Å². The van der Waals surface area contributed by atoms with Crippen LogP contribution in [0.2, 0.25) is 0 Å². The summed E-state index contributed by atoms with van der Waals surface area (Å²) in [5.74, 6) is -0.00723. The summed E-state index contributed by atoms with van der Waals surface area (Å²) in [6.45, 7) is 4.12. The Labute approximate surface area is 242 Å². The number of nitriles is 1. The van der Waals surface area contributed by atoms with Crippen molar-refractivity contribution in [1.29, 1.82) is 5.26 Å². The second-order valence-electron chi connectivity index (χ2n) is 12.7. The lowest BCUT2D eigenvalue weighted by molar-refractivity contribution is -0.137. The van der Waals surface area contributed by atoms with Crippen LogP contribution in [-0.4, -0.2) is 27.8 Å². The molecule has 2 atom stereocenters. The minimum atomic E-state index is -0.841. The van der Waals surface area contributed by atoms with Crippen molar-refractivity contribution in [3.8, 4) is 17.2 Å². The molecule has 6 rings (SSSR count). The maximum Gasteiger partial charge on any atom is 0.250 e. The number of carbonyl (C=O) groups excluding carboxylic acids is 1. The minimum absolute atomic E-state index is 0.230. The molecule has 3 aromatic rings. The molecule has 6 heteroatoms. The molecule has 0 bridgehead atoms. The van der Waals surface area contributed by atoms with Gasteiger partial charge in [-0.25, -0.2) is 0 Å². The van der Waals surface area contributed by atoms with Gasteiger partial charge >= 0.3 is 0 Å². The first-order valence-corrected chi connectivity index (χ1v) is 14.8. The van der Waals surface area contributed by atoms with Crippen molar-refractivity contribution >= 4 is 5.91 Å². The first-order chi connectivity index (χ1) is 19.6. The lowest BCUT2D eigenvalue weighted by Gasteiger charge is -2.27. The normalized spacial score (nSPS) is 20.5. The highest BCUT2D eigenvalue weighted by Gasteiger charge is 2.51. The van der Waals surface area contributed by atoms with Gasteiger partial charge in [0, 0.05) is 0 Å². The topological polar surface area (TPSA) is 103 Å². The molecule has 6 nitrogen and oxygen atoms in total. The number of benzene rings is 3. The Hall–Kier alpha value is -3.50. The van der Waals surface area contributed by atoms with Gasteiger partial charge in [-0.1, -0.05) is 80.6 Å². The van der Waals surface area contributed by atoms with Crippen LogP contribution in [0.15, 0.2) is 72.8 Å². The predicted molar refractivity (Wildman–Crippen MR) is 156 cm³/mol. The van der Waals surface area contributed by atoms with Gasteiger partial charge in [0.2, 0.25) is 5.91 Å². The molecule has 3 aliphatic carbocycles. The van der Waals surface area contributed by atoms with Crippen molar-refractivity contribution in [2.24, 2.45) is 5.92 Å². The first kappa shape index (κ1) is 27.7. The fraction of sp³-hybridized carbons (Fsp3) is 0.429. The van der Waals surface area contributed by atoms with Crippen LogP contribution in [0.1, 0.15) is 87.2 Å². The SMILES string of the molecule is CC(C)C[C@H](O[C@H](c1ccccc1)c1ccc(-c2ccc(C3(O)CC3)c(C3(O)CC3)c2)cc1)C(=O)NC1(C#N)CC1. The summed E-state index contributed by atoms with van der Waals surface area (Å²) in [6, 6.07) is 26.3. The molecular formula is C35H38N2O4. The van der Waals surface area contributed by atoms with Crippen molar-refractivity contribution in [3.05, 3.63) is 95.1 Å². The smallest absolute Gasteiger partial charge is 0.250 e. The third kappa shape index (κ3) is 5.81. The maximum absolute atomic E-state index is 13.3. The highest BCUT2D eigenvalue weighted by molar-refractivity contribution is 5.82. The zero-order chi connectivity index (χ0) is 28.8. The van der Waals surface area contributed by atoms with Crippen LogP contribution in [0.25, 0.3) is 11.1 Å². The largest absolute Gasteiger partial charge is 0.385 e. The van der Waals surface area contributed by atoms with E-state index in [-0.39, 0.29) is 11.8 Å². The Morgan fingerprint density at radius 3 is 2.00 bits per heavy atom. The second kappa shape index (κ2) is 10.4. The third-order valence-corrected chi connectivity index (χ3v) is 8.72. The number of hydrogen-bond acceptors (Lipinski definition) is 5. The van der Waals surface area contributed by atoms with Gasteiger partial charge in [-0.3, -0.25) is 4.79 Å². The van der Waals surface area contributed by atoms with Crippen molar-refractivity contribution in [2.75, 3.05) is 0 Å². The van der Waals surface area contributed by atoms with Gasteiger partial charge in [-0.15, -0.1) is 0 Å². The summed E-state index contributed by atoms with van der Waals surface area (Å²) in [6.07, 6.45) is 3.62. The lowest BCUT2D eigenvalue weighted by Crippen LogP contribution is -2.44. The summed E-state index contributed by atoms with van der Waals surface area (Å²) in [4.78, 5) is 13.3. The molecule has 0 aliphatic heterocycles. The molecule has 3 fully saturated rings. The van der Waals surface area contributed by atoms with Crippen molar-refractivity contribution in [1.82, 2.24) is 5.32 Å². The Balaban J connectivity index is 1.29. The number of aliphatic hydroxyl groups is 2. The number of hydrogen-bond donors (Lipinski definition) is 3. The second-order valence-corrected chi connectivity index (χ2v) is 12.7. The van der Waals surface area contributed by atoms with Gasteiger partial charge in [0.15, 0.2) is 0 Å². The van der Waals surface area contributed by atoms with E-state index in [1.54, 1.807) is 0 Å². The van der Waals surface area contributed by atoms with Gasteiger partial charge < -0.3 is 20.3 Å². The summed E-state index contributed by atoms with van der Waals surface area (Å²) < 4.78 is 6.61. The highest BCUT2D eigenvalue weighted by atomic mass is 16.5. The fourth-order valence-corrected chi connectivity index (χ4v) is 5.64. The third-order valence-electron chi connectivity index (χ3n) is 8.72. The fourth-order valence-electron chi connectivity index (χ4n) is 5.64. The van der Waals surface area contributed by atoms with Gasteiger partial charge in [-0.2, -0.15) is 5.26 Å². The van der Waals surface area contributed by atoms with Gasteiger partial charge in [0.05, 0.1) is 17.3 Å². The summed E-state index contributed by atoms with van der Waals surface area (Å²) in [7, 11) is 0. The van der Waals surface area contributed by atoms with Gasteiger partial charge in [0.1, 0.15) is 17.7 Å². The molecule has 41 heavy (non-hydrogen) atoms. The van der Waals surface area contributed by atoms with E-state index in [1.807, 2.05) is 72.8 Å². The molecule has 1 amide bonds. The summed E-state index contributed by atoms with van der Waals surface area (Å²) >= 11 is 0. The molecule has 212 valence electrons. The number of carbonyl (C=O) groups is 1. The van der Waals surface area contributed by atoms with Crippen LogP contribution >= 0.6 is 0 Å². The molecule has 3 N–H and O–H groups in total. The van der Waals surface area contributed by atoms with Crippen LogP contribution in [-0.2, 0) is 20.7 Å². The average Bonchev–Trinajstić information content (AvgIpc) is 3.90. The van der Waals surface area contributed by atoms with Crippen LogP contribution in [0.5, 0.6) is 0 Å². The number of amides is 1. The van der Waals surface area contributed by atoms with E-state index >= 15 is 0 Å². The van der Waals surface area contributed by atoms with E-state index in [9.17, 15) is 20.3 Å². The number of nitrogens with zero attached hydrogens (tertiary/aromatic N) is 1. The lowest BCUT2D eigenvalue weighted by atomic mass is 9.90. The monoisotopic (exact) mass is 550 g/mol. The predicted octanol–water partition coefficient (Wildman–Crippen LogP) is 6.01. The molecule has 3 aromatic carbocycles. The van der Waals surface area contributed by atoms with Crippen LogP contribution in [0.4, 0.5) is 0 Å². The number of nitrogens with one attached hydrogen (secondary N) is 1. The van der Waals surface area contributed by atoms with E-state index in [4.69, 9.17) is 4.74 Å². The number of ether oxygens (including phenoxy) is 1. The standard InChI is InChI=1S/C35H38N2O4/c1-23(2)20-30(32(38)37-33(22-36)14-15-33)41-31(25-6-4-3-5-7-25)26-10-8-24(9-11-26)27-12-13-28(34(39)16-17-34)29(21-27)35(40)18-19-35/h3-13,21,23,30-31,39-40H,14-20H2,1-2H3,(H,37,38)/t30-,31+/m0/s1. The van der Waals surface area contributed by atoms with Crippen LogP contribution in [0.3, 0.4) is 0 Å². The van der Waals surface area contributed by atoms with Gasteiger partial charge in [-0.05, 0) is 90.3 Å². The quantitative estimate of drug-likeness (QED) is 0.271. The Morgan fingerprint density at radius 2 is 1.44 bits per heavy atom. The van der Waals surface area contributed by atoms with Crippen molar-refractivity contribution in [3.63, 3.8) is 0 Å². The average molecular weight is 551 g/mol. The van der Waals surface area contributed by atoms with E-state index < -0.39 is 28.9 Å². The molecule has 0 radical (unpaired) electrons. The summed E-state index contributed by atoms with van der Waals surface area (Å²) in [5.41, 5.74) is 3.16. The Bertz CT molecular complexity index is 1460. The molecule has 3 saturated carbocycles. The zero-order valence-corrected chi connectivity index (χ0v) is 23.8. The molecular weight excluding hydrogens is 512 g/mol. The minimum Gasteiger partial charge on any atom is -0.385 e. The molecule has 0 saturated heterocycles. The molecule has 0 aromatic heterocycles. The van der Waals surface area contributed by atoms with Gasteiger partial charge in [0.25, 0.3) is 0 Å². The maximum atomic E-state index is 13.3. The molecule has 0 spiro atoms. The van der Waals surface area contributed by atoms with Crippen LogP contribution in [0, 0.1) is 17.2 Å². The Kier molecular flexibility index (Phi) is 7.02. The van der Waals surface area contributed by atoms with E-state index in [2.05, 4.69) is 25.2 Å². The molecule has 0 unspecified atom stereocenters. The van der Waals surface area contributed by atoms with E-state index in [1.165, 1.54) is 0 Å². The first-order valence-electron chi connectivity index (χ1n) is 14.8. The zero-order valence-electron chi connectivity index (χ0n) is 23.8. The van der Waals surface area contributed by atoms with Crippen molar-refractivity contribution < 1.29 is 19.7 Å². The molecule has 0 heterocycles. The van der Waals surface area contributed by atoms with E-state index in [0.717, 1.165) is 59.1 Å². The Morgan fingerprint density at radius 1 is 0.854 bits per heavy atom. The summed E-state index contributed by atoms with van der Waals surface area (Å²) in [5, 5.41) is 34.3. The highest BCUT2D eigenvalue weighted by Crippen LogP contribution is 2.54. The van der Waals surface area contributed by atoms with Crippen molar-refractivity contribution in [2.45, 2.75) is 87.7 Å². The molecule has 3 aliphatic rings.